The van der Waals surface area contributed by atoms with Crippen LogP contribution in [0.4, 0.5) is 5.69 Å². The standard InChI is InChI=1S/C64H89N3O31/c1-5-66(6-2)25-13-15-29-31(17-25)86-32-18-26(67(7-3)8-4)14-16-30(32)39(29)27-11-9-10-12-28(27)58(85)65-19-33-52-40(73)46(79)59(87-33)94-53-34(20-68)89-61(48(81)42(53)75)96-55-36(22-70)91-63(50(83)44(55)77)98-57-38(24-72)92-64(51(84)45(57)78)97-56-37(23-71)90-62(49(82)43(56)76)95-54-35(21-69)88-60(93-52)47(80)41(54)74/h9-18,33-38,40-57,59-64,68-84H,5-8,19-24H2,1-4H3/p+1/t33-,34-,35-,36-,37-,38-,40-,41-,42-,43-,44-,45-,46-,47-,48-,49-,50-,51-,52-,53-,54-,55-,56-,57-,59-,60-,61-,62-,63-,64-/m1/s1. The van der Waals surface area contributed by atoms with E-state index in [0.717, 1.165) is 11.0 Å². The molecule has 24 aliphatic rings. The predicted molar refractivity (Wildman–Crippen MR) is 329 cm³/mol. The van der Waals surface area contributed by atoms with Crippen LogP contribution < -0.4 is 20.1 Å². The van der Waals surface area contributed by atoms with Crippen molar-refractivity contribution in [2.75, 3.05) is 70.7 Å². The summed E-state index contributed by atoms with van der Waals surface area (Å²) in [5.74, 6) is -0.218. The van der Waals surface area contributed by atoms with Gasteiger partial charge in [-0.3, -0.25) is 4.79 Å². The number of carbonyl (C=O) groups excluding carboxylic acids is 1. The molecule has 23 aliphatic heterocycles. The fraction of sp³-hybridized carbons (Fsp3) is 0.688. The second-order valence-electron chi connectivity index (χ2n) is 25.1. The molecule has 2 aromatic rings. The van der Waals surface area contributed by atoms with Crippen molar-refractivity contribution >= 4 is 22.6 Å². The number of nitrogens with zero attached hydrogens (tertiary/aromatic N) is 2. The first-order valence-electron chi connectivity index (χ1n) is 32.8. The number of amides is 1. The number of benzene rings is 3. The van der Waals surface area contributed by atoms with Crippen molar-refractivity contribution in [2.45, 2.75) is 212 Å². The highest BCUT2D eigenvalue weighted by Gasteiger charge is 2.59. The zero-order chi connectivity index (χ0) is 70.3. The van der Waals surface area contributed by atoms with Gasteiger partial charge in [-0.15, -0.1) is 0 Å². The van der Waals surface area contributed by atoms with Gasteiger partial charge in [-0.05, 0) is 57.5 Å². The van der Waals surface area contributed by atoms with Crippen molar-refractivity contribution in [1.82, 2.24) is 9.89 Å². The minimum atomic E-state index is -2.26. The maximum atomic E-state index is 15.1. The third-order valence-corrected chi connectivity index (χ3v) is 19.3. The molecule has 30 atom stereocenters. The Morgan fingerprint density at radius 2 is 0.776 bits per heavy atom. The van der Waals surface area contributed by atoms with Crippen LogP contribution in [-0.4, -0.2) is 343 Å². The van der Waals surface area contributed by atoms with Crippen molar-refractivity contribution in [3.05, 3.63) is 71.6 Å². The van der Waals surface area contributed by atoms with Crippen molar-refractivity contribution in [3.8, 4) is 22.5 Å². The maximum Gasteiger partial charge on any atom is 0.252 e. The number of aliphatic hydroxyl groups is 17. The summed E-state index contributed by atoms with van der Waals surface area (Å²) in [7, 11) is 0. The highest BCUT2D eigenvalue weighted by Crippen LogP contribution is 2.44. The fourth-order valence-corrected chi connectivity index (χ4v) is 13.9. The van der Waals surface area contributed by atoms with E-state index in [1.165, 1.54) is 0 Å². The van der Waals surface area contributed by atoms with E-state index < -0.39 is 230 Å². The van der Waals surface area contributed by atoms with Gasteiger partial charge in [0.2, 0.25) is 5.36 Å². The van der Waals surface area contributed by atoms with E-state index in [0.29, 0.717) is 59.6 Å². The number of ether oxygens (including phenoxy) is 12. The first kappa shape index (κ1) is 74.4. The molecule has 546 valence electrons. The second-order valence-corrected chi connectivity index (χ2v) is 25.1. The molecule has 1 amide bonds. The lowest BCUT2D eigenvalue weighted by atomic mass is 9.90. The Morgan fingerprint density at radius 3 is 1.13 bits per heavy atom. The lowest BCUT2D eigenvalue weighted by molar-refractivity contribution is -0.403. The topological polar surface area (TPSA) is 503 Å². The van der Waals surface area contributed by atoms with Gasteiger partial charge in [0.15, 0.2) is 37.7 Å². The van der Waals surface area contributed by atoms with E-state index in [9.17, 15) is 86.8 Å². The zero-order valence-electron chi connectivity index (χ0n) is 53.9. The van der Waals surface area contributed by atoms with Gasteiger partial charge >= 0.3 is 0 Å². The van der Waals surface area contributed by atoms with Gasteiger partial charge in [-0.1, -0.05) is 18.2 Å². The van der Waals surface area contributed by atoms with E-state index in [1.807, 2.05) is 64.1 Å². The van der Waals surface area contributed by atoms with Crippen molar-refractivity contribution in [2.24, 2.45) is 0 Å². The molecule has 0 unspecified atom stereocenters. The summed E-state index contributed by atoms with van der Waals surface area (Å²) in [5, 5.41) is 198. The molecular weight excluding hydrogens is 1310 g/mol. The fourth-order valence-electron chi connectivity index (χ4n) is 13.9. The average Bonchev–Trinajstić information content (AvgIpc) is 0.751. The number of aliphatic hydroxyl groups excluding tert-OH is 17. The Hall–Kier alpha value is -4.76. The third-order valence-electron chi connectivity index (χ3n) is 19.3. The average molecular weight is 1400 g/mol. The second kappa shape index (κ2) is 31.9. The van der Waals surface area contributed by atoms with E-state index in [-0.39, 0.29) is 5.56 Å². The van der Waals surface area contributed by atoms with Crippen molar-refractivity contribution < 1.29 is 153 Å². The molecule has 23 heterocycles. The summed E-state index contributed by atoms with van der Waals surface area (Å²) < 4.78 is 79.9. The van der Waals surface area contributed by atoms with Gasteiger partial charge in [-0.2, -0.15) is 0 Å². The minimum absolute atomic E-state index is 0.117. The molecule has 18 N–H and O–H groups in total. The molecule has 0 saturated carbocycles. The number of nitrogens with one attached hydrogen (secondary N) is 1. The van der Waals surface area contributed by atoms with Gasteiger partial charge < -0.3 is 158 Å². The molecule has 1 aliphatic carbocycles. The Kier molecular flexibility index (Phi) is 24.2. The molecule has 34 heteroatoms. The number of rotatable bonds is 14. The highest BCUT2D eigenvalue weighted by atomic mass is 16.8. The summed E-state index contributed by atoms with van der Waals surface area (Å²) in [5.41, 5.74) is 3.27. The van der Waals surface area contributed by atoms with Crippen LogP contribution in [-0.2, 0) is 56.8 Å². The van der Waals surface area contributed by atoms with Crippen LogP contribution in [0.5, 0.6) is 0 Å². The number of carbonyl (C=O) groups is 1. The van der Waals surface area contributed by atoms with E-state index >= 15 is 4.79 Å². The molecule has 22 saturated heterocycles. The summed E-state index contributed by atoms with van der Waals surface area (Å²) in [4.78, 5) is 17.2. The van der Waals surface area contributed by atoms with Crippen molar-refractivity contribution in [3.63, 3.8) is 0 Å². The van der Waals surface area contributed by atoms with Crippen LogP contribution >= 0.6 is 0 Å². The van der Waals surface area contributed by atoms with Gasteiger partial charge in [0.1, 0.15) is 171 Å². The highest BCUT2D eigenvalue weighted by molar-refractivity contribution is 6.09. The first-order valence-corrected chi connectivity index (χ1v) is 32.8. The van der Waals surface area contributed by atoms with Crippen LogP contribution in [0.3, 0.4) is 0 Å². The Balaban J connectivity index is 0.932. The summed E-state index contributed by atoms with van der Waals surface area (Å²) in [6.45, 7) is 5.13. The Morgan fingerprint density at radius 1 is 0.418 bits per heavy atom. The van der Waals surface area contributed by atoms with E-state index in [2.05, 4.69) is 14.8 Å². The summed E-state index contributed by atoms with van der Waals surface area (Å²) in [6, 6.07) is 18.3. The molecule has 0 spiro atoms. The lowest BCUT2D eigenvalue weighted by Crippen LogP contribution is -2.69. The smallest absolute Gasteiger partial charge is 0.252 e. The van der Waals surface area contributed by atoms with Crippen molar-refractivity contribution in [1.29, 1.82) is 0 Å². The Bertz CT molecular complexity index is 3310. The molecule has 12 bridgehead atoms. The Labute approximate surface area is 560 Å². The summed E-state index contributed by atoms with van der Waals surface area (Å²) in [6.07, 6.45) is -60.5. The SMILES string of the molecule is CCN(CC)c1ccc2c(-c3ccccc3C(=O)NC[C@H]3O[C@@H]4O[C@H]5[C@H](O)[C@@H](O)[C@@H](O[C@H]6[C@H](O)[C@@H](O)[C@@H](O[C@H]7[C@H](O)[C@@H](O)[C@@H](O[C@H]8[C@H](O)[C@@H](O)[C@@H](O[C@H]9[C@H](O)[C@@H](O)[C@@H](O[C@H]3[C@H](O)[C@H]4O)O[C@@H]9CO)O[C@@H]8CO)O[C@@H]7CO)O[C@@H]6CO)O[C@@H]5CO)c3ccc(=[N+](CC)CC)cc-3oc2c1. The molecule has 34 nitrogen and oxygen atoms in total. The largest absolute Gasteiger partial charge is 0.456 e. The molecule has 2 aromatic carbocycles. The quantitative estimate of drug-likeness (QED) is 0.0412. The molecular formula is C64H90N3O31+. The monoisotopic (exact) mass is 1400 g/mol. The van der Waals surface area contributed by atoms with Crippen LogP contribution in [0.2, 0.25) is 0 Å². The number of hydrogen-bond acceptors (Lipinski definition) is 32. The minimum Gasteiger partial charge on any atom is -0.456 e. The third kappa shape index (κ3) is 14.4. The van der Waals surface area contributed by atoms with Crippen LogP contribution in [0.15, 0.2) is 65.1 Å². The van der Waals surface area contributed by atoms with Gasteiger partial charge in [0.05, 0.1) is 39.1 Å². The predicted octanol–water partition coefficient (Wildman–Crippen LogP) is -7.44. The van der Waals surface area contributed by atoms with Crippen LogP contribution in [0.25, 0.3) is 33.4 Å². The number of anilines is 1. The lowest BCUT2D eigenvalue weighted by Gasteiger charge is -2.50. The van der Waals surface area contributed by atoms with E-state index in [1.54, 1.807) is 24.3 Å². The first-order chi connectivity index (χ1) is 47.1. The molecule has 26 rings (SSSR count). The number of hydrogen-bond donors (Lipinski definition) is 18. The van der Waals surface area contributed by atoms with Gasteiger partial charge in [-0.25, -0.2) is 4.58 Å². The molecule has 98 heavy (non-hydrogen) atoms. The van der Waals surface area contributed by atoms with Gasteiger partial charge in [0.25, 0.3) is 5.91 Å². The van der Waals surface area contributed by atoms with Crippen LogP contribution in [0.1, 0.15) is 38.1 Å². The molecule has 0 aromatic heterocycles. The number of fused-ring (bicyclic) bond motifs is 2. The maximum absolute atomic E-state index is 15.1. The summed E-state index contributed by atoms with van der Waals surface area (Å²) >= 11 is 0. The zero-order valence-corrected chi connectivity index (χ0v) is 53.9. The van der Waals surface area contributed by atoms with E-state index in [4.69, 9.17) is 61.3 Å². The normalized spacial score (nSPS) is 41.1. The molecule has 0 radical (unpaired) electrons. The van der Waals surface area contributed by atoms with Crippen LogP contribution in [0, 0.1) is 0 Å². The van der Waals surface area contributed by atoms with Gasteiger partial charge in [0, 0.05) is 59.5 Å². The molecule has 22 fully saturated rings.